The largest absolute Gasteiger partial charge is 0.453 e. The highest BCUT2D eigenvalue weighted by Crippen LogP contribution is 2.38. The van der Waals surface area contributed by atoms with E-state index in [1.54, 1.807) is 17.2 Å². The number of piperazine rings is 1. The number of nitrogens with zero attached hydrogens (tertiary/aromatic N) is 8. The predicted octanol–water partition coefficient (Wildman–Crippen LogP) is 2.94. The van der Waals surface area contributed by atoms with Crippen molar-refractivity contribution in [2.24, 2.45) is 0 Å². The maximum atomic E-state index is 14.3. The number of carbonyl (C=O) groups is 3. The second-order valence-corrected chi connectivity index (χ2v) is 12.1. The van der Waals surface area contributed by atoms with Gasteiger partial charge >= 0.3 is 12.3 Å². The van der Waals surface area contributed by atoms with E-state index in [-0.39, 0.29) is 41.7 Å². The van der Waals surface area contributed by atoms with Crippen LogP contribution in [0.5, 0.6) is 0 Å². The molecule has 14 nitrogen and oxygen atoms in total. The van der Waals surface area contributed by atoms with Gasteiger partial charge in [0, 0.05) is 77.6 Å². The van der Waals surface area contributed by atoms with E-state index in [0.29, 0.717) is 76.9 Å². The van der Waals surface area contributed by atoms with Crippen LogP contribution in [0.25, 0.3) is 16.9 Å². The van der Waals surface area contributed by atoms with Crippen molar-refractivity contribution in [3.8, 4) is 11.4 Å². The minimum Gasteiger partial charge on any atom is -0.453 e. The molecule has 0 atom stereocenters. The van der Waals surface area contributed by atoms with Gasteiger partial charge in [-0.25, -0.2) is 19.3 Å². The molecule has 5 heterocycles. The van der Waals surface area contributed by atoms with Crippen molar-refractivity contribution >= 4 is 34.9 Å². The lowest BCUT2D eigenvalue weighted by Gasteiger charge is -2.34. The maximum absolute atomic E-state index is 14.3. The molecule has 264 valence electrons. The highest BCUT2D eigenvalue weighted by atomic mass is 19.4. The fraction of sp³-hybridized carbons (Fsp3) is 0.500. The van der Waals surface area contributed by atoms with Gasteiger partial charge in [0.2, 0.25) is 5.91 Å². The van der Waals surface area contributed by atoms with Crippen LogP contribution in [0, 0.1) is 0 Å². The SMILES string of the molecule is COC(=O)Nc1cc(C(F)(F)F)c(-c2nc(N3CCOCC3)c3cc(CN4CCN(C(=O)CCC(=O)/C=C/CN(C)C)CC4)cn3n2)cn1. The van der Waals surface area contributed by atoms with Crippen LogP contribution in [0.15, 0.2) is 36.7 Å². The Labute approximate surface area is 281 Å². The van der Waals surface area contributed by atoms with Gasteiger partial charge < -0.3 is 24.2 Å². The second-order valence-electron chi connectivity index (χ2n) is 12.1. The number of aromatic nitrogens is 4. The number of nitrogens with one attached hydrogen (secondary N) is 1. The second kappa shape index (κ2) is 15.7. The van der Waals surface area contributed by atoms with Crippen LogP contribution in [0.2, 0.25) is 0 Å². The van der Waals surface area contributed by atoms with Gasteiger partial charge in [-0.1, -0.05) is 6.08 Å². The molecule has 49 heavy (non-hydrogen) atoms. The molecule has 0 radical (unpaired) electrons. The lowest BCUT2D eigenvalue weighted by atomic mass is 10.1. The first-order valence-electron chi connectivity index (χ1n) is 15.9. The molecule has 2 saturated heterocycles. The third-order valence-electron chi connectivity index (χ3n) is 8.17. The van der Waals surface area contributed by atoms with E-state index in [0.717, 1.165) is 24.9 Å². The summed E-state index contributed by atoms with van der Waals surface area (Å²) >= 11 is 0. The van der Waals surface area contributed by atoms with Crippen LogP contribution in [0.4, 0.5) is 29.6 Å². The molecule has 0 bridgehead atoms. The molecule has 17 heteroatoms. The third kappa shape index (κ3) is 9.30. The van der Waals surface area contributed by atoms with Crippen molar-refractivity contribution < 1.29 is 37.0 Å². The Balaban J connectivity index is 1.33. The first-order valence-corrected chi connectivity index (χ1v) is 15.9. The van der Waals surface area contributed by atoms with E-state index in [1.165, 1.54) is 10.6 Å². The number of hydrogen-bond acceptors (Lipinski definition) is 11. The van der Waals surface area contributed by atoms with Crippen molar-refractivity contribution in [3.63, 3.8) is 0 Å². The summed E-state index contributed by atoms with van der Waals surface area (Å²) in [5.41, 5.74) is 0.0969. The molecule has 0 unspecified atom stereocenters. The first-order chi connectivity index (χ1) is 23.4. The van der Waals surface area contributed by atoms with Gasteiger partial charge in [-0.05, 0) is 37.9 Å². The highest BCUT2D eigenvalue weighted by Gasteiger charge is 2.36. The fourth-order valence-corrected chi connectivity index (χ4v) is 5.62. The van der Waals surface area contributed by atoms with Gasteiger partial charge in [0.05, 0.1) is 31.5 Å². The quantitative estimate of drug-likeness (QED) is 0.298. The monoisotopic (exact) mass is 687 g/mol. The van der Waals surface area contributed by atoms with Crippen molar-refractivity contribution in [2.75, 3.05) is 90.4 Å². The zero-order chi connectivity index (χ0) is 35.1. The van der Waals surface area contributed by atoms with Crippen molar-refractivity contribution in [1.29, 1.82) is 0 Å². The average molecular weight is 688 g/mol. The van der Waals surface area contributed by atoms with Gasteiger partial charge in [0.1, 0.15) is 11.3 Å². The molecule has 2 amide bonds. The zero-order valence-corrected chi connectivity index (χ0v) is 27.7. The van der Waals surface area contributed by atoms with Gasteiger partial charge in [-0.3, -0.25) is 19.8 Å². The number of allylic oxidation sites excluding steroid dienone is 1. The predicted molar refractivity (Wildman–Crippen MR) is 174 cm³/mol. The minimum atomic E-state index is -4.80. The van der Waals surface area contributed by atoms with Gasteiger partial charge in [0.15, 0.2) is 17.4 Å². The van der Waals surface area contributed by atoms with Crippen LogP contribution in [-0.4, -0.2) is 132 Å². The summed E-state index contributed by atoms with van der Waals surface area (Å²) in [6.45, 7) is 5.33. The number of likely N-dealkylation sites (N-methyl/N-ethyl adjacent to an activating group) is 1. The summed E-state index contributed by atoms with van der Waals surface area (Å²) < 4.78 is 54.4. The molecule has 2 aliphatic rings. The van der Waals surface area contributed by atoms with E-state index in [4.69, 9.17) is 4.74 Å². The summed E-state index contributed by atoms with van der Waals surface area (Å²) in [4.78, 5) is 53.0. The van der Waals surface area contributed by atoms with Crippen LogP contribution in [-0.2, 0) is 31.8 Å². The number of methoxy groups -OCH3 is 1. The van der Waals surface area contributed by atoms with Crippen LogP contribution < -0.4 is 10.2 Å². The average Bonchev–Trinajstić information content (AvgIpc) is 3.49. The minimum absolute atomic E-state index is 0.0524. The van der Waals surface area contributed by atoms with Crippen molar-refractivity contribution in [3.05, 3.63) is 47.8 Å². The summed E-state index contributed by atoms with van der Waals surface area (Å²) in [5.74, 6) is -0.173. The molecule has 3 aromatic heterocycles. The van der Waals surface area contributed by atoms with E-state index < -0.39 is 17.8 Å². The van der Waals surface area contributed by atoms with E-state index in [2.05, 4.69) is 30.0 Å². The summed E-state index contributed by atoms with van der Waals surface area (Å²) in [7, 11) is 4.92. The number of hydrogen-bond donors (Lipinski definition) is 1. The number of anilines is 2. The van der Waals surface area contributed by atoms with Crippen molar-refractivity contribution in [2.45, 2.75) is 25.6 Å². The number of fused-ring (bicyclic) bond motifs is 1. The number of pyridine rings is 1. The molecule has 0 spiro atoms. The van der Waals surface area contributed by atoms with Crippen LogP contribution in [0.1, 0.15) is 24.0 Å². The van der Waals surface area contributed by atoms with Crippen LogP contribution >= 0.6 is 0 Å². The lowest BCUT2D eigenvalue weighted by Crippen LogP contribution is -2.48. The maximum Gasteiger partial charge on any atom is 0.417 e. The summed E-state index contributed by atoms with van der Waals surface area (Å²) in [6.07, 6.45) is 0.648. The number of ether oxygens (including phenoxy) is 2. The Morgan fingerprint density at radius 2 is 1.80 bits per heavy atom. The topological polar surface area (TPSA) is 138 Å². The first kappa shape index (κ1) is 35.7. The zero-order valence-electron chi connectivity index (χ0n) is 27.7. The Kier molecular flexibility index (Phi) is 11.5. The molecule has 1 N–H and O–H groups in total. The Bertz CT molecular complexity index is 1680. The molecule has 0 aromatic carbocycles. The number of amides is 2. The molecular formula is C32H40F3N9O5. The van der Waals surface area contributed by atoms with E-state index >= 15 is 0 Å². The molecule has 2 aliphatic heterocycles. The molecule has 3 aromatic rings. The smallest absolute Gasteiger partial charge is 0.417 e. The standard InChI is InChI=1S/C32H40F3N9O5/c1-40(2)8-4-5-23(45)6-7-28(46)42-11-9-41(10-12-42)20-22-17-26-30(43-13-15-49-16-14-43)38-29(39-44(26)21-22)24-19-36-27(37-31(47)48-3)18-25(24)32(33,34)35/h4-5,17-19,21H,6-16,20H2,1-3H3,(H,36,37,47)/b5-4+. The number of carbonyl (C=O) groups excluding carboxylic acids is 3. The van der Waals surface area contributed by atoms with E-state index in [1.807, 2.05) is 30.0 Å². The Hall–Kier alpha value is -4.61. The highest BCUT2D eigenvalue weighted by molar-refractivity contribution is 5.92. The number of rotatable bonds is 11. The Morgan fingerprint density at radius 3 is 2.47 bits per heavy atom. The molecule has 0 saturated carbocycles. The number of morpholine rings is 1. The Morgan fingerprint density at radius 1 is 1.06 bits per heavy atom. The number of halogens is 3. The summed E-state index contributed by atoms with van der Waals surface area (Å²) in [6, 6.07) is 2.65. The van der Waals surface area contributed by atoms with Gasteiger partial charge in [-0.2, -0.15) is 13.2 Å². The van der Waals surface area contributed by atoms with Crippen LogP contribution in [0.3, 0.4) is 0 Å². The van der Waals surface area contributed by atoms with Gasteiger partial charge in [0.25, 0.3) is 0 Å². The third-order valence-corrected chi connectivity index (χ3v) is 8.17. The molecule has 2 fully saturated rings. The van der Waals surface area contributed by atoms with E-state index in [9.17, 15) is 27.6 Å². The number of ketones is 1. The number of alkyl halides is 3. The lowest BCUT2D eigenvalue weighted by molar-refractivity contribution is -0.137. The summed E-state index contributed by atoms with van der Waals surface area (Å²) in [5, 5.41) is 6.64. The fourth-order valence-electron chi connectivity index (χ4n) is 5.62. The van der Waals surface area contributed by atoms with Crippen molar-refractivity contribution in [1.82, 2.24) is 34.3 Å². The molecular weight excluding hydrogens is 647 g/mol. The normalized spacial score (nSPS) is 16.1. The molecule has 5 rings (SSSR count). The molecule has 0 aliphatic carbocycles. The van der Waals surface area contributed by atoms with Gasteiger partial charge in [-0.15, -0.1) is 5.10 Å².